The van der Waals surface area contributed by atoms with Crippen molar-refractivity contribution in [3.05, 3.63) is 58.6 Å². The van der Waals surface area contributed by atoms with Crippen molar-refractivity contribution in [3.8, 4) is 6.07 Å². The number of amides is 1. The van der Waals surface area contributed by atoms with Crippen molar-refractivity contribution in [2.45, 2.75) is 37.8 Å². The van der Waals surface area contributed by atoms with E-state index in [2.05, 4.69) is 45.7 Å². The Hall–Kier alpha value is -2.75. The van der Waals surface area contributed by atoms with Gasteiger partial charge in [-0.05, 0) is 68.1 Å². The molecule has 2 aromatic rings. The number of nitrogens with one attached hydrogen (secondary N) is 2. The maximum atomic E-state index is 12.7. The van der Waals surface area contributed by atoms with Crippen LogP contribution in [0.25, 0.3) is 0 Å². The molecule has 1 saturated heterocycles. The molecule has 2 aromatic carbocycles. The quantitative estimate of drug-likeness (QED) is 0.723. The van der Waals surface area contributed by atoms with E-state index in [1.807, 2.05) is 24.3 Å². The maximum Gasteiger partial charge on any atom is 0.251 e. The number of benzene rings is 2. The van der Waals surface area contributed by atoms with E-state index in [1.54, 1.807) is 6.07 Å². The van der Waals surface area contributed by atoms with E-state index in [1.165, 1.54) is 5.69 Å². The molecule has 0 atom stereocenters. The highest BCUT2D eigenvalue weighted by Crippen LogP contribution is 2.29. The third-order valence-electron chi connectivity index (χ3n) is 6.67. The first-order chi connectivity index (χ1) is 15.5. The van der Waals surface area contributed by atoms with Gasteiger partial charge in [0, 0.05) is 62.2 Å². The van der Waals surface area contributed by atoms with Crippen LogP contribution >= 0.6 is 11.6 Å². The number of nitriles is 1. The second kappa shape index (κ2) is 10.2. The molecule has 7 heteroatoms. The van der Waals surface area contributed by atoms with Gasteiger partial charge in [-0.3, -0.25) is 4.79 Å². The number of hydrogen-bond acceptors (Lipinski definition) is 5. The summed E-state index contributed by atoms with van der Waals surface area (Å²) < 4.78 is 0. The van der Waals surface area contributed by atoms with Crippen molar-refractivity contribution in [1.82, 2.24) is 10.6 Å². The lowest BCUT2D eigenvalue weighted by molar-refractivity contribution is 0.0926. The van der Waals surface area contributed by atoms with Gasteiger partial charge < -0.3 is 20.4 Å². The van der Waals surface area contributed by atoms with Gasteiger partial charge in [-0.1, -0.05) is 11.6 Å². The minimum Gasteiger partial charge on any atom is -0.372 e. The molecular formula is C25H30ClN5O. The summed E-state index contributed by atoms with van der Waals surface area (Å²) in [5.74, 6) is 0.00698. The molecule has 2 aliphatic rings. The largest absolute Gasteiger partial charge is 0.372 e. The first kappa shape index (κ1) is 22.4. The Morgan fingerprint density at radius 1 is 1.12 bits per heavy atom. The van der Waals surface area contributed by atoms with E-state index in [0.717, 1.165) is 63.1 Å². The van der Waals surface area contributed by atoms with Crippen LogP contribution in [0, 0.1) is 11.3 Å². The lowest BCUT2D eigenvalue weighted by Gasteiger charge is -2.36. The fourth-order valence-corrected chi connectivity index (χ4v) is 4.86. The first-order valence-electron chi connectivity index (χ1n) is 11.3. The van der Waals surface area contributed by atoms with Gasteiger partial charge in [0.25, 0.3) is 5.91 Å². The predicted octanol–water partition coefficient (Wildman–Crippen LogP) is 3.80. The van der Waals surface area contributed by atoms with Crippen LogP contribution in [0.4, 0.5) is 11.4 Å². The molecule has 1 amide bonds. The van der Waals surface area contributed by atoms with Crippen LogP contribution in [0.2, 0.25) is 5.02 Å². The molecule has 0 spiro atoms. The highest BCUT2D eigenvalue weighted by Gasteiger charge is 2.26. The summed E-state index contributed by atoms with van der Waals surface area (Å²) in [7, 11) is 2.07. The molecule has 0 radical (unpaired) electrons. The summed E-state index contributed by atoms with van der Waals surface area (Å²) >= 11 is 6.20. The van der Waals surface area contributed by atoms with E-state index in [0.29, 0.717) is 16.6 Å². The van der Waals surface area contributed by atoms with Gasteiger partial charge in [0.05, 0.1) is 10.6 Å². The van der Waals surface area contributed by atoms with Crippen molar-refractivity contribution in [2.75, 3.05) is 43.0 Å². The summed E-state index contributed by atoms with van der Waals surface area (Å²) in [5, 5.41) is 16.1. The second-order valence-corrected chi connectivity index (χ2v) is 9.06. The Morgan fingerprint density at radius 2 is 1.81 bits per heavy atom. The molecule has 0 aromatic heterocycles. The van der Waals surface area contributed by atoms with E-state index in [4.69, 9.17) is 16.9 Å². The second-order valence-electron chi connectivity index (χ2n) is 8.65. The van der Waals surface area contributed by atoms with Gasteiger partial charge in [-0.25, -0.2) is 0 Å². The number of carbonyl (C=O) groups is 1. The fourth-order valence-electron chi connectivity index (χ4n) is 4.65. The summed E-state index contributed by atoms with van der Waals surface area (Å²) in [5.41, 5.74) is 3.41. The maximum absolute atomic E-state index is 12.7. The molecule has 2 fully saturated rings. The molecule has 32 heavy (non-hydrogen) atoms. The van der Waals surface area contributed by atoms with Crippen molar-refractivity contribution in [3.63, 3.8) is 0 Å². The van der Waals surface area contributed by atoms with Gasteiger partial charge in [-0.2, -0.15) is 5.26 Å². The van der Waals surface area contributed by atoms with Gasteiger partial charge >= 0.3 is 0 Å². The number of carbonyl (C=O) groups excluding carboxylic acids is 1. The van der Waals surface area contributed by atoms with Crippen LogP contribution in [0.5, 0.6) is 0 Å². The average molecular weight is 452 g/mol. The Labute approximate surface area is 195 Å². The molecule has 1 aliphatic heterocycles. The van der Waals surface area contributed by atoms with Crippen LogP contribution in [0.15, 0.2) is 42.5 Å². The zero-order valence-corrected chi connectivity index (χ0v) is 19.2. The third-order valence-corrected chi connectivity index (χ3v) is 6.98. The Kier molecular flexibility index (Phi) is 7.19. The highest BCUT2D eigenvalue weighted by molar-refractivity contribution is 6.32. The van der Waals surface area contributed by atoms with Gasteiger partial charge in [0.1, 0.15) is 6.07 Å². The molecule has 1 heterocycles. The number of hydrogen-bond donors (Lipinski definition) is 2. The van der Waals surface area contributed by atoms with E-state index >= 15 is 0 Å². The number of anilines is 2. The molecule has 1 aliphatic carbocycles. The topological polar surface area (TPSA) is 71.4 Å². The zero-order chi connectivity index (χ0) is 22.5. The van der Waals surface area contributed by atoms with Gasteiger partial charge in [0.15, 0.2) is 0 Å². The molecule has 2 N–H and O–H groups in total. The molecule has 4 rings (SSSR count). The Bertz CT molecular complexity index is 973. The highest BCUT2D eigenvalue weighted by atomic mass is 35.5. The predicted molar refractivity (Wildman–Crippen MR) is 130 cm³/mol. The molecule has 168 valence electrons. The van der Waals surface area contributed by atoms with E-state index in [-0.39, 0.29) is 11.9 Å². The standard InChI is InChI=1S/C25H30ClN5O/c1-30(23-9-4-19(17-27)24(26)16-23)21-10-5-20(6-11-21)29-25(32)18-2-7-22(8-3-18)31-14-12-28-13-15-31/h2-4,7-9,16,20-21,28H,5-6,10-15H2,1H3,(H,29,32). The first-order valence-corrected chi connectivity index (χ1v) is 11.7. The summed E-state index contributed by atoms with van der Waals surface area (Å²) in [6.07, 6.45) is 3.90. The monoisotopic (exact) mass is 451 g/mol. The number of nitrogens with zero attached hydrogens (tertiary/aromatic N) is 3. The molecule has 1 saturated carbocycles. The molecular weight excluding hydrogens is 422 g/mol. The summed E-state index contributed by atoms with van der Waals surface area (Å²) in [4.78, 5) is 17.3. The lowest BCUT2D eigenvalue weighted by Crippen LogP contribution is -2.43. The normalized spacial score (nSPS) is 21.0. The summed E-state index contributed by atoms with van der Waals surface area (Å²) in [6.45, 7) is 3.99. The van der Waals surface area contributed by atoms with E-state index < -0.39 is 0 Å². The Balaban J connectivity index is 1.28. The smallest absolute Gasteiger partial charge is 0.251 e. The zero-order valence-electron chi connectivity index (χ0n) is 18.5. The number of piperazine rings is 1. The van der Waals surface area contributed by atoms with Crippen LogP contribution in [0.1, 0.15) is 41.6 Å². The average Bonchev–Trinajstić information content (AvgIpc) is 2.84. The minimum atomic E-state index is 0.00698. The molecule has 0 unspecified atom stereocenters. The van der Waals surface area contributed by atoms with Crippen LogP contribution in [-0.2, 0) is 0 Å². The van der Waals surface area contributed by atoms with Crippen molar-refractivity contribution in [2.24, 2.45) is 0 Å². The van der Waals surface area contributed by atoms with Gasteiger partial charge in [0.2, 0.25) is 0 Å². The van der Waals surface area contributed by atoms with Crippen molar-refractivity contribution in [1.29, 1.82) is 5.26 Å². The van der Waals surface area contributed by atoms with Crippen LogP contribution < -0.4 is 20.4 Å². The molecule has 0 bridgehead atoms. The summed E-state index contributed by atoms with van der Waals surface area (Å²) in [6, 6.07) is 16.2. The van der Waals surface area contributed by atoms with E-state index in [9.17, 15) is 4.79 Å². The minimum absolute atomic E-state index is 0.00698. The lowest BCUT2D eigenvalue weighted by atomic mass is 9.90. The Morgan fingerprint density at radius 3 is 2.44 bits per heavy atom. The fraction of sp³-hybridized carbons (Fsp3) is 0.440. The SMILES string of the molecule is CN(c1ccc(C#N)c(Cl)c1)C1CCC(NC(=O)c2ccc(N3CCNCC3)cc2)CC1. The number of rotatable bonds is 5. The molecule has 6 nitrogen and oxygen atoms in total. The van der Waals surface area contributed by atoms with Crippen molar-refractivity contribution < 1.29 is 4.79 Å². The van der Waals surface area contributed by atoms with Crippen molar-refractivity contribution >= 4 is 28.9 Å². The van der Waals surface area contributed by atoms with Crippen LogP contribution in [0.3, 0.4) is 0 Å². The third kappa shape index (κ3) is 5.17. The van der Waals surface area contributed by atoms with Crippen LogP contribution in [-0.4, -0.2) is 51.2 Å². The number of halogens is 1. The van der Waals surface area contributed by atoms with Gasteiger partial charge in [-0.15, -0.1) is 0 Å².